The molecule has 0 fully saturated rings. The molecule has 2 N–H and O–H groups in total. The van der Waals surface area contributed by atoms with Gasteiger partial charge in [-0.25, -0.2) is 0 Å². The van der Waals surface area contributed by atoms with Crippen LogP contribution in [-0.2, 0) is 6.54 Å². The third-order valence-corrected chi connectivity index (χ3v) is 2.63. The summed E-state index contributed by atoms with van der Waals surface area (Å²) in [6, 6.07) is 6.67. The molecular weight excluding hydrogens is 220 g/mol. The van der Waals surface area contributed by atoms with E-state index in [-0.39, 0.29) is 16.7 Å². The molecule has 17 heavy (non-hydrogen) atoms. The van der Waals surface area contributed by atoms with Crippen LogP contribution in [0.2, 0.25) is 0 Å². The zero-order valence-electron chi connectivity index (χ0n) is 9.93. The van der Waals surface area contributed by atoms with E-state index in [0.717, 1.165) is 6.42 Å². The first kappa shape index (κ1) is 13.6. The Hall–Kier alpha value is -1.46. The third kappa shape index (κ3) is 4.50. The summed E-state index contributed by atoms with van der Waals surface area (Å²) in [7, 11) is 0. The van der Waals surface area contributed by atoms with E-state index in [0.29, 0.717) is 25.1 Å². The number of hydrogen-bond donors (Lipinski definition) is 2. The van der Waals surface area contributed by atoms with Crippen molar-refractivity contribution in [3.63, 3.8) is 0 Å². The summed E-state index contributed by atoms with van der Waals surface area (Å²) in [5.41, 5.74) is 0.805. The predicted molar refractivity (Wildman–Crippen MR) is 65.7 cm³/mol. The maximum absolute atomic E-state index is 10.7. The Labute approximate surface area is 101 Å². The first-order valence-corrected chi connectivity index (χ1v) is 5.76. The third-order valence-electron chi connectivity index (χ3n) is 2.63. The molecule has 0 aliphatic carbocycles. The molecular formula is C12H18N2O3. The molecule has 94 valence electrons. The van der Waals surface area contributed by atoms with Crippen molar-refractivity contribution in [2.24, 2.45) is 0 Å². The zero-order chi connectivity index (χ0) is 12.7. The van der Waals surface area contributed by atoms with Gasteiger partial charge in [-0.15, -0.1) is 0 Å². The van der Waals surface area contributed by atoms with Gasteiger partial charge in [-0.2, -0.15) is 0 Å². The molecule has 1 rings (SSSR count). The van der Waals surface area contributed by atoms with E-state index in [1.165, 1.54) is 6.07 Å². The molecule has 5 nitrogen and oxygen atoms in total. The van der Waals surface area contributed by atoms with E-state index in [1.54, 1.807) is 18.2 Å². The fourth-order valence-electron chi connectivity index (χ4n) is 1.53. The van der Waals surface area contributed by atoms with Crippen molar-refractivity contribution in [2.75, 3.05) is 6.54 Å². The monoisotopic (exact) mass is 238 g/mol. The summed E-state index contributed by atoms with van der Waals surface area (Å²) in [6.07, 6.45) is 1.10. The second-order valence-electron chi connectivity index (χ2n) is 3.91. The molecule has 1 aromatic rings. The normalized spacial score (nSPS) is 12.4. The van der Waals surface area contributed by atoms with Gasteiger partial charge in [-0.1, -0.05) is 25.1 Å². The van der Waals surface area contributed by atoms with Gasteiger partial charge in [0.1, 0.15) is 0 Å². The van der Waals surface area contributed by atoms with Crippen molar-refractivity contribution >= 4 is 5.69 Å². The Morgan fingerprint density at radius 2 is 2.18 bits per heavy atom. The van der Waals surface area contributed by atoms with Crippen LogP contribution in [0.4, 0.5) is 5.69 Å². The van der Waals surface area contributed by atoms with Crippen molar-refractivity contribution < 1.29 is 10.0 Å². The topological polar surface area (TPSA) is 75.4 Å². The van der Waals surface area contributed by atoms with Gasteiger partial charge in [0.2, 0.25) is 0 Å². The molecule has 1 atom stereocenters. The lowest BCUT2D eigenvalue weighted by atomic mass is 10.1. The van der Waals surface area contributed by atoms with Crippen LogP contribution >= 0.6 is 0 Å². The smallest absolute Gasteiger partial charge is 0.273 e. The summed E-state index contributed by atoms with van der Waals surface area (Å²) < 4.78 is 0. The Balaban J connectivity index is 2.44. The minimum absolute atomic E-state index is 0.135. The average Bonchev–Trinajstić information content (AvgIpc) is 2.34. The lowest BCUT2D eigenvalue weighted by Crippen LogP contribution is -2.20. The molecule has 0 radical (unpaired) electrons. The molecule has 0 bridgehead atoms. The van der Waals surface area contributed by atoms with Crippen LogP contribution in [0.1, 0.15) is 25.3 Å². The number of nitro groups is 1. The highest BCUT2D eigenvalue weighted by Gasteiger charge is 2.11. The van der Waals surface area contributed by atoms with Gasteiger partial charge in [0.15, 0.2) is 0 Å². The quantitative estimate of drug-likeness (QED) is 0.432. The number of benzene rings is 1. The molecule has 0 aliphatic rings. The minimum atomic E-state index is -0.377. The number of nitro benzene ring substituents is 1. The van der Waals surface area contributed by atoms with Crippen molar-refractivity contribution in [1.29, 1.82) is 0 Å². The average molecular weight is 238 g/mol. The van der Waals surface area contributed by atoms with Crippen LogP contribution in [-0.4, -0.2) is 22.7 Å². The number of nitrogens with one attached hydrogen (secondary N) is 1. The fourth-order valence-corrected chi connectivity index (χ4v) is 1.53. The summed E-state index contributed by atoms with van der Waals surface area (Å²) >= 11 is 0. The molecule has 0 spiro atoms. The minimum Gasteiger partial charge on any atom is -0.393 e. The zero-order valence-corrected chi connectivity index (χ0v) is 9.93. The van der Waals surface area contributed by atoms with E-state index < -0.39 is 0 Å². The molecule has 0 aromatic heterocycles. The number of para-hydroxylation sites is 1. The van der Waals surface area contributed by atoms with Gasteiger partial charge in [-0.3, -0.25) is 10.1 Å². The van der Waals surface area contributed by atoms with Crippen molar-refractivity contribution in [1.82, 2.24) is 5.32 Å². The van der Waals surface area contributed by atoms with Crippen molar-refractivity contribution in [2.45, 2.75) is 32.4 Å². The van der Waals surface area contributed by atoms with E-state index in [1.807, 2.05) is 6.92 Å². The fraction of sp³-hybridized carbons (Fsp3) is 0.500. The van der Waals surface area contributed by atoms with Crippen LogP contribution in [0.5, 0.6) is 0 Å². The van der Waals surface area contributed by atoms with Crippen LogP contribution < -0.4 is 5.32 Å². The van der Waals surface area contributed by atoms with Crippen LogP contribution in [0.25, 0.3) is 0 Å². The van der Waals surface area contributed by atoms with E-state index in [9.17, 15) is 15.2 Å². The van der Waals surface area contributed by atoms with Crippen LogP contribution in [0, 0.1) is 10.1 Å². The van der Waals surface area contributed by atoms with Gasteiger partial charge in [0, 0.05) is 18.2 Å². The molecule has 0 saturated carbocycles. The molecule has 0 saturated heterocycles. The summed E-state index contributed by atoms with van der Waals surface area (Å²) in [4.78, 5) is 10.4. The Bertz CT molecular complexity index is 369. The summed E-state index contributed by atoms with van der Waals surface area (Å²) in [5, 5.41) is 23.2. The standard InChI is InChI=1S/C12H18N2O3/c1-2-11(15)7-8-13-9-10-5-3-4-6-12(10)14(16)17/h3-6,11,13,15H,2,7-9H2,1H3. The van der Waals surface area contributed by atoms with Crippen LogP contribution in [0.3, 0.4) is 0 Å². The highest BCUT2D eigenvalue weighted by atomic mass is 16.6. The Kier molecular flexibility index (Phi) is 5.59. The Morgan fingerprint density at radius 3 is 2.82 bits per heavy atom. The maximum Gasteiger partial charge on any atom is 0.273 e. The van der Waals surface area contributed by atoms with Gasteiger partial charge < -0.3 is 10.4 Å². The van der Waals surface area contributed by atoms with E-state index in [2.05, 4.69) is 5.32 Å². The molecule has 0 heterocycles. The molecule has 1 unspecified atom stereocenters. The highest BCUT2D eigenvalue weighted by molar-refractivity contribution is 5.39. The van der Waals surface area contributed by atoms with Gasteiger partial charge >= 0.3 is 0 Å². The largest absolute Gasteiger partial charge is 0.393 e. The van der Waals surface area contributed by atoms with E-state index in [4.69, 9.17) is 0 Å². The lowest BCUT2D eigenvalue weighted by molar-refractivity contribution is -0.385. The number of hydrogen-bond acceptors (Lipinski definition) is 4. The number of aliphatic hydroxyl groups is 1. The predicted octanol–water partition coefficient (Wildman–Crippen LogP) is 1.85. The van der Waals surface area contributed by atoms with Gasteiger partial charge in [0.25, 0.3) is 5.69 Å². The van der Waals surface area contributed by atoms with E-state index >= 15 is 0 Å². The highest BCUT2D eigenvalue weighted by Crippen LogP contribution is 2.16. The second-order valence-corrected chi connectivity index (χ2v) is 3.91. The summed E-state index contributed by atoms with van der Waals surface area (Å²) in [5.74, 6) is 0. The first-order chi connectivity index (χ1) is 8.15. The number of rotatable bonds is 7. The van der Waals surface area contributed by atoms with Crippen molar-refractivity contribution in [3.05, 3.63) is 39.9 Å². The van der Waals surface area contributed by atoms with Gasteiger partial charge in [0.05, 0.1) is 11.0 Å². The lowest BCUT2D eigenvalue weighted by Gasteiger charge is -2.08. The SMILES string of the molecule is CCC(O)CCNCc1ccccc1[N+](=O)[O-]. The molecule has 0 amide bonds. The molecule has 1 aromatic carbocycles. The molecule has 0 aliphatic heterocycles. The second kappa shape index (κ2) is 6.98. The number of aliphatic hydroxyl groups excluding tert-OH is 1. The maximum atomic E-state index is 10.7. The Morgan fingerprint density at radius 1 is 1.47 bits per heavy atom. The van der Waals surface area contributed by atoms with Crippen molar-refractivity contribution in [3.8, 4) is 0 Å². The molecule has 5 heteroatoms. The first-order valence-electron chi connectivity index (χ1n) is 5.76. The summed E-state index contributed by atoms with van der Waals surface area (Å²) in [6.45, 7) is 3.03. The number of nitrogens with zero attached hydrogens (tertiary/aromatic N) is 1. The van der Waals surface area contributed by atoms with Gasteiger partial charge in [-0.05, 0) is 19.4 Å². The van der Waals surface area contributed by atoms with Crippen LogP contribution in [0.15, 0.2) is 24.3 Å².